The maximum atomic E-state index is 12.7. The Kier molecular flexibility index (Phi) is 5.08. The van der Waals surface area contributed by atoms with Crippen LogP contribution in [0, 0.1) is 0 Å². The fourth-order valence-electron chi connectivity index (χ4n) is 3.68. The first-order valence-corrected chi connectivity index (χ1v) is 8.51. The quantitative estimate of drug-likeness (QED) is 0.857. The van der Waals surface area contributed by atoms with Gasteiger partial charge in [-0.25, -0.2) is 4.68 Å². The maximum absolute atomic E-state index is 12.7. The van der Waals surface area contributed by atoms with E-state index >= 15 is 0 Å². The molecule has 0 N–H and O–H groups in total. The summed E-state index contributed by atoms with van der Waals surface area (Å²) in [5, 5.41) is 8.36. The van der Waals surface area contributed by atoms with E-state index in [1.54, 1.807) is 7.11 Å². The van der Waals surface area contributed by atoms with Crippen LogP contribution in [0.1, 0.15) is 67.9 Å². The lowest BCUT2D eigenvalue weighted by molar-refractivity contribution is 0.0423. The number of piperidine rings is 1. The minimum absolute atomic E-state index is 0.00353. The third-order valence-electron chi connectivity index (χ3n) is 4.93. The van der Waals surface area contributed by atoms with Gasteiger partial charge >= 0.3 is 0 Å². The molecule has 0 radical (unpaired) electrons. The van der Waals surface area contributed by atoms with Gasteiger partial charge in [0.25, 0.3) is 5.91 Å². The fraction of sp³-hybridized carbons (Fsp3) is 0.812. The van der Waals surface area contributed by atoms with E-state index in [0.29, 0.717) is 18.3 Å². The summed E-state index contributed by atoms with van der Waals surface area (Å²) in [4.78, 5) is 14.7. The van der Waals surface area contributed by atoms with Gasteiger partial charge in [-0.15, -0.1) is 5.10 Å². The van der Waals surface area contributed by atoms with Gasteiger partial charge in [0.05, 0.1) is 24.9 Å². The smallest absolute Gasteiger partial charge is 0.276 e. The molecule has 122 valence electrons. The van der Waals surface area contributed by atoms with Gasteiger partial charge in [-0.05, 0) is 32.1 Å². The Bertz CT molecular complexity index is 494. The van der Waals surface area contributed by atoms with Crippen LogP contribution in [0.25, 0.3) is 0 Å². The van der Waals surface area contributed by atoms with Crippen molar-refractivity contribution in [1.29, 1.82) is 0 Å². The molecule has 1 saturated heterocycles. The van der Waals surface area contributed by atoms with Crippen molar-refractivity contribution in [2.24, 2.45) is 0 Å². The second-order valence-electron chi connectivity index (χ2n) is 6.48. The van der Waals surface area contributed by atoms with Gasteiger partial charge < -0.3 is 9.64 Å². The number of nitrogens with zero attached hydrogens (tertiary/aromatic N) is 4. The highest BCUT2D eigenvalue weighted by Gasteiger charge is 2.29. The molecule has 0 aromatic carbocycles. The summed E-state index contributed by atoms with van der Waals surface area (Å²) in [5.74, 6) is 0.00353. The van der Waals surface area contributed by atoms with Crippen LogP contribution in [0.4, 0.5) is 0 Å². The molecule has 2 heterocycles. The molecule has 22 heavy (non-hydrogen) atoms. The van der Waals surface area contributed by atoms with Crippen molar-refractivity contribution in [3.05, 3.63) is 11.9 Å². The number of methoxy groups -OCH3 is 1. The van der Waals surface area contributed by atoms with Crippen LogP contribution in [-0.4, -0.2) is 52.1 Å². The summed E-state index contributed by atoms with van der Waals surface area (Å²) < 4.78 is 7.17. The van der Waals surface area contributed by atoms with Crippen molar-refractivity contribution in [2.75, 3.05) is 20.3 Å². The number of hydrogen-bond acceptors (Lipinski definition) is 4. The van der Waals surface area contributed by atoms with Crippen molar-refractivity contribution >= 4 is 5.91 Å². The average Bonchev–Trinajstić information content (AvgIpc) is 3.06. The number of hydrogen-bond donors (Lipinski definition) is 0. The molecule has 2 fully saturated rings. The summed E-state index contributed by atoms with van der Waals surface area (Å²) in [7, 11) is 1.69. The molecule has 0 bridgehead atoms. The summed E-state index contributed by atoms with van der Waals surface area (Å²) in [6, 6.07) is 0.588. The fourth-order valence-corrected chi connectivity index (χ4v) is 3.68. The van der Waals surface area contributed by atoms with E-state index in [9.17, 15) is 4.79 Å². The first-order chi connectivity index (χ1) is 10.8. The molecule has 3 rings (SSSR count). The molecule has 0 unspecified atom stereocenters. The summed E-state index contributed by atoms with van der Waals surface area (Å²) in [6.45, 7) is 1.39. The predicted octanol–water partition coefficient (Wildman–Crippen LogP) is 2.42. The van der Waals surface area contributed by atoms with Gasteiger partial charge in [0.15, 0.2) is 5.69 Å². The minimum atomic E-state index is 0.00353. The Balaban J connectivity index is 1.69. The zero-order chi connectivity index (χ0) is 15.4. The van der Waals surface area contributed by atoms with Crippen LogP contribution in [-0.2, 0) is 4.74 Å². The number of aromatic nitrogens is 3. The Hall–Kier alpha value is -1.43. The van der Waals surface area contributed by atoms with E-state index in [1.807, 2.05) is 15.8 Å². The van der Waals surface area contributed by atoms with Crippen LogP contribution in [0.2, 0.25) is 0 Å². The summed E-state index contributed by atoms with van der Waals surface area (Å²) >= 11 is 0. The van der Waals surface area contributed by atoms with Crippen LogP contribution < -0.4 is 0 Å². The molecule has 0 spiro atoms. The lowest BCUT2D eigenvalue weighted by Gasteiger charge is -2.34. The first-order valence-electron chi connectivity index (χ1n) is 8.51. The topological polar surface area (TPSA) is 60.2 Å². The number of carbonyl (C=O) groups is 1. The van der Waals surface area contributed by atoms with Crippen LogP contribution in [0.3, 0.4) is 0 Å². The van der Waals surface area contributed by atoms with Gasteiger partial charge in [0.1, 0.15) is 0 Å². The van der Waals surface area contributed by atoms with Gasteiger partial charge in [0.2, 0.25) is 0 Å². The number of carbonyl (C=O) groups excluding carboxylic acids is 1. The Morgan fingerprint density at radius 1 is 1.23 bits per heavy atom. The zero-order valence-corrected chi connectivity index (χ0v) is 13.4. The molecule has 1 aliphatic heterocycles. The molecule has 1 aliphatic carbocycles. The maximum Gasteiger partial charge on any atom is 0.276 e. The highest BCUT2D eigenvalue weighted by Crippen LogP contribution is 2.27. The molecule has 1 aromatic rings. The van der Waals surface area contributed by atoms with E-state index in [0.717, 1.165) is 38.6 Å². The summed E-state index contributed by atoms with van der Waals surface area (Å²) in [5.41, 5.74) is 0.480. The van der Waals surface area contributed by atoms with Crippen molar-refractivity contribution in [3.8, 4) is 0 Å². The van der Waals surface area contributed by atoms with Crippen LogP contribution in [0.15, 0.2) is 6.20 Å². The molecule has 1 atom stereocenters. The van der Waals surface area contributed by atoms with Crippen molar-refractivity contribution in [2.45, 2.75) is 63.5 Å². The van der Waals surface area contributed by atoms with Gasteiger partial charge in [-0.2, -0.15) is 0 Å². The third kappa shape index (κ3) is 3.32. The Morgan fingerprint density at radius 2 is 2.00 bits per heavy atom. The minimum Gasteiger partial charge on any atom is -0.383 e. The van der Waals surface area contributed by atoms with Crippen molar-refractivity contribution < 1.29 is 9.53 Å². The molecular weight excluding hydrogens is 280 g/mol. The van der Waals surface area contributed by atoms with E-state index in [1.165, 1.54) is 19.3 Å². The van der Waals surface area contributed by atoms with E-state index in [2.05, 4.69) is 10.3 Å². The monoisotopic (exact) mass is 306 g/mol. The molecule has 6 heteroatoms. The molecular formula is C16H26N4O2. The molecule has 1 aromatic heterocycles. The molecule has 1 saturated carbocycles. The SMILES string of the molecule is COC[C@@H]1CCCCN1C(=O)c1cn(C2CCCCC2)nn1. The van der Waals surface area contributed by atoms with Crippen LogP contribution in [0.5, 0.6) is 0 Å². The molecule has 1 amide bonds. The second-order valence-corrected chi connectivity index (χ2v) is 6.48. The second kappa shape index (κ2) is 7.22. The van der Waals surface area contributed by atoms with Gasteiger partial charge in [-0.3, -0.25) is 4.79 Å². The number of amides is 1. The summed E-state index contributed by atoms with van der Waals surface area (Å²) in [6.07, 6.45) is 11.2. The number of likely N-dealkylation sites (tertiary alicyclic amines) is 1. The van der Waals surface area contributed by atoms with E-state index < -0.39 is 0 Å². The lowest BCUT2D eigenvalue weighted by Crippen LogP contribution is -2.46. The van der Waals surface area contributed by atoms with E-state index in [4.69, 9.17) is 4.74 Å². The van der Waals surface area contributed by atoms with Gasteiger partial charge in [0, 0.05) is 13.7 Å². The average molecular weight is 306 g/mol. The molecule has 6 nitrogen and oxygen atoms in total. The Morgan fingerprint density at radius 3 is 2.77 bits per heavy atom. The third-order valence-corrected chi connectivity index (χ3v) is 4.93. The Labute approximate surface area is 131 Å². The van der Waals surface area contributed by atoms with Gasteiger partial charge in [-0.1, -0.05) is 24.5 Å². The predicted molar refractivity (Wildman–Crippen MR) is 82.7 cm³/mol. The van der Waals surface area contributed by atoms with Crippen LogP contribution >= 0.6 is 0 Å². The lowest BCUT2D eigenvalue weighted by atomic mass is 9.96. The first kappa shape index (κ1) is 15.5. The standard InChI is InChI=1S/C16H26N4O2/c1-22-12-14-9-5-6-10-19(14)16(21)15-11-20(18-17-15)13-7-3-2-4-8-13/h11,13-14H,2-10,12H2,1H3/t14-/m0/s1. The van der Waals surface area contributed by atoms with E-state index in [-0.39, 0.29) is 11.9 Å². The molecule has 2 aliphatic rings. The van der Waals surface area contributed by atoms with Crippen molar-refractivity contribution in [1.82, 2.24) is 19.9 Å². The normalized spacial score (nSPS) is 23.7. The number of ether oxygens (including phenoxy) is 1. The highest BCUT2D eigenvalue weighted by atomic mass is 16.5. The zero-order valence-electron chi connectivity index (χ0n) is 13.4. The largest absolute Gasteiger partial charge is 0.383 e. The number of rotatable bonds is 4. The highest BCUT2D eigenvalue weighted by molar-refractivity contribution is 5.92. The van der Waals surface area contributed by atoms with Crippen molar-refractivity contribution in [3.63, 3.8) is 0 Å².